The number of hydrogen-bond donors (Lipinski definition) is 2. The highest BCUT2D eigenvalue weighted by Crippen LogP contribution is 2.37. The number of hydrogen-bond acceptors (Lipinski definition) is 6. The monoisotopic (exact) mass is 367 g/mol. The van der Waals surface area contributed by atoms with Crippen molar-refractivity contribution < 1.29 is 24.0 Å². The molecular formula is C17H22FN3O5. The molecule has 0 amide bonds. The minimum absolute atomic E-state index is 0.00356. The summed E-state index contributed by atoms with van der Waals surface area (Å²) in [6.45, 7) is 0.816. The topological polar surface area (TPSA) is 105 Å². The molecule has 0 saturated heterocycles. The Hall–Kier alpha value is -2.42. The third kappa shape index (κ3) is 4.21. The van der Waals surface area contributed by atoms with Crippen molar-refractivity contribution in [3.8, 4) is 5.75 Å². The van der Waals surface area contributed by atoms with Crippen molar-refractivity contribution >= 4 is 17.3 Å². The van der Waals surface area contributed by atoms with Crippen molar-refractivity contribution in [1.29, 1.82) is 0 Å². The summed E-state index contributed by atoms with van der Waals surface area (Å²) >= 11 is 0. The summed E-state index contributed by atoms with van der Waals surface area (Å²) in [5.74, 6) is -0.955. The molecule has 0 aromatic heterocycles. The first kappa shape index (κ1) is 18.4. The number of nitro groups is 1. The van der Waals surface area contributed by atoms with Crippen LogP contribution in [0.15, 0.2) is 12.1 Å². The van der Waals surface area contributed by atoms with Gasteiger partial charge >= 0.3 is 11.7 Å². The standard InChI is InChI=1S/C17H22FN3O5/c1-26-16-7-14(13(18)6-15(16)21(24)25)19-11-4-12(5-11)20(9-17(22)23)8-10-2-3-10/h6-7,10-12,19H,2-5,8-9H2,1H3,(H,22,23). The summed E-state index contributed by atoms with van der Waals surface area (Å²) in [5, 5.41) is 23.0. The van der Waals surface area contributed by atoms with E-state index < -0.39 is 22.4 Å². The lowest BCUT2D eigenvalue weighted by Gasteiger charge is -2.43. The van der Waals surface area contributed by atoms with Crippen LogP contribution in [0.5, 0.6) is 5.75 Å². The maximum absolute atomic E-state index is 14.1. The lowest BCUT2D eigenvalue weighted by atomic mass is 9.85. The summed E-state index contributed by atoms with van der Waals surface area (Å²) in [6.07, 6.45) is 3.72. The number of benzene rings is 1. The van der Waals surface area contributed by atoms with E-state index in [1.807, 2.05) is 4.90 Å². The number of anilines is 1. The van der Waals surface area contributed by atoms with Gasteiger partial charge in [0.1, 0.15) is 0 Å². The lowest BCUT2D eigenvalue weighted by Crippen LogP contribution is -2.52. The van der Waals surface area contributed by atoms with E-state index >= 15 is 0 Å². The first-order valence-electron chi connectivity index (χ1n) is 8.61. The Bertz CT molecular complexity index is 704. The molecule has 2 fully saturated rings. The van der Waals surface area contributed by atoms with Gasteiger partial charge in [0.05, 0.1) is 30.3 Å². The summed E-state index contributed by atoms with van der Waals surface area (Å²) in [6, 6.07) is 2.30. The SMILES string of the molecule is COc1cc(NC2CC(N(CC(=O)O)CC3CC3)C2)c(F)cc1[N+](=O)[O-]. The van der Waals surface area contributed by atoms with Gasteiger partial charge in [-0.3, -0.25) is 19.8 Å². The summed E-state index contributed by atoms with van der Waals surface area (Å²) < 4.78 is 19.1. The Morgan fingerprint density at radius 2 is 2.15 bits per heavy atom. The van der Waals surface area contributed by atoms with E-state index in [9.17, 15) is 19.3 Å². The van der Waals surface area contributed by atoms with Crippen LogP contribution in [0, 0.1) is 21.8 Å². The highest BCUT2D eigenvalue weighted by atomic mass is 19.1. The van der Waals surface area contributed by atoms with Crippen LogP contribution in [0.25, 0.3) is 0 Å². The van der Waals surface area contributed by atoms with Crippen LogP contribution in [0.4, 0.5) is 15.8 Å². The van der Waals surface area contributed by atoms with Crippen molar-refractivity contribution in [2.24, 2.45) is 5.92 Å². The molecule has 9 heteroatoms. The number of rotatable bonds is 9. The van der Waals surface area contributed by atoms with Gasteiger partial charge in [0.15, 0.2) is 11.6 Å². The van der Waals surface area contributed by atoms with Gasteiger partial charge in [-0.1, -0.05) is 0 Å². The number of nitrogens with zero attached hydrogens (tertiary/aromatic N) is 2. The van der Waals surface area contributed by atoms with Crippen molar-refractivity contribution in [1.82, 2.24) is 4.90 Å². The fourth-order valence-corrected chi connectivity index (χ4v) is 3.33. The van der Waals surface area contributed by atoms with Crippen LogP contribution in [-0.2, 0) is 4.79 Å². The van der Waals surface area contributed by atoms with Crippen molar-refractivity contribution in [3.63, 3.8) is 0 Å². The average Bonchev–Trinajstić information content (AvgIpc) is 3.34. The van der Waals surface area contributed by atoms with Crippen LogP contribution < -0.4 is 10.1 Å². The number of nitrogens with one attached hydrogen (secondary N) is 1. The van der Waals surface area contributed by atoms with Crippen LogP contribution in [-0.4, -0.2) is 53.2 Å². The van der Waals surface area contributed by atoms with Crippen LogP contribution >= 0.6 is 0 Å². The lowest BCUT2D eigenvalue weighted by molar-refractivity contribution is -0.385. The molecular weight excluding hydrogens is 345 g/mol. The molecule has 1 aromatic rings. The van der Waals surface area contributed by atoms with Crippen LogP contribution in [0.2, 0.25) is 0 Å². The van der Waals surface area contributed by atoms with Crippen molar-refractivity contribution in [2.75, 3.05) is 25.5 Å². The molecule has 0 unspecified atom stereocenters. The Morgan fingerprint density at radius 1 is 1.46 bits per heavy atom. The number of nitro benzene ring substituents is 1. The van der Waals surface area contributed by atoms with Crippen molar-refractivity contribution in [3.05, 3.63) is 28.1 Å². The number of carboxylic acids is 1. The summed E-state index contributed by atoms with van der Waals surface area (Å²) in [5.41, 5.74) is -0.262. The first-order valence-corrected chi connectivity index (χ1v) is 8.61. The van der Waals surface area contributed by atoms with Gasteiger partial charge in [-0.15, -0.1) is 0 Å². The normalized spacial score (nSPS) is 22.0. The Labute approximate surface area is 150 Å². The molecule has 8 nitrogen and oxygen atoms in total. The van der Waals surface area contributed by atoms with Gasteiger partial charge in [0, 0.05) is 24.7 Å². The molecule has 0 bridgehead atoms. The first-order chi connectivity index (χ1) is 12.4. The summed E-state index contributed by atoms with van der Waals surface area (Å²) in [4.78, 5) is 23.3. The van der Waals surface area contributed by atoms with E-state index in [0.717, 1.165) is 25.5 Å². The minimum atomic E-state index is -0.840. The molecule has 0 aliphatic heterocycles. The van der Waals surface area contributed by atoms with Gasteiger partial charge in [-0.2, -0.15) is 0 Å². The quantitative estimate of drug-likeness (QED) is 0.510. The second kappa shape index (κ2) is 7.45. The molecule has 2 aliphatic carbocycles. The molecule has 0 spiro atoms. The minimum Gasteiger partial charge on any atom is -0.490 e. The molecule has 0 heterocycles. The smallest absolute Gasteiger partial charge is 0.317 e. The molecule has 2 N–H and O–H groups in total. The Morgan fingerprint density at radius 3 is 2.69 bits per heavy atom. The highest BCUT2D eigenvalue weighted by Gasteiger charge is 2.37. The average molecular weight is 367 g/mol. The second-order valence-corrected chi connectivity index (χ2v) is 6.99. The van der Waals surface area contributed by atoms with E-state index in [1.165, 1.54) is 13.2 Å². The van der Waals surface area contributed by atoms with Gasteiger partial charge in [0.25, 0.3) is 0 Å². The maximum Gasteiger partial charge on any atom is 0.317 e. The van der Waals surface area contributed by atoms with Gasteiger partial charge < -0.3 is 15.2 Å². The molecule has 0 atom stereocenters. The van der Waals surface area contributed by atoms with E-state index in [-0.39, 0.29) is 30.1 Å². The van der Waals surface area contributed by atoms with Crippen molar-refractivity contribution in [2.45, 2.75) is 37.8 Å². The number of carbonyl (C=O) groups is 1. The molecule has 26 heavy (non-hydrogen) atoms. The fourth-order valence-electron chi connectivity index (χ4n) is 3.33. The number of carboxylic acid groups (broad SMARTS) is 1. The fraction of sp³-hybridized carbons (Fsp3) is 0.588. The zero-order valence-electron chi connectivity index (χ0n) is 14.5. The third-order valence-electron chi connectivity index (χ3n) is 4.98. The molecule has 1 aromatic carbocycles. The van der Waals surface area contributed by atoms with Crippen LogP contribution in [0.3, 0.4) is 0 Å². The number of ether oxygens (including phenoxy) is 1. The summed E-state index contributed by atoms with van der Waals surface area (Å²) in [7, 11) is 1.30. The number of aliphatic carboxylic acids is 1. The number of methoxy groups -OCH3 is 1. The predicted molar refractivity (Wildman–Crippen MR) is 92.0 cm³/mol. The second-order valence-electron chi connectivity index (χ2n) is 6.99. The van der Waals surface area contributed by atoms with Crippen LogP contribution in [0.1, 0.15) is 25.7 Å². The van der Waals surface area contributed by atoms with E-state index in [4.69, 9.17) is 9.84 Å². The Balaban J connectivity index is 1.61. The molecule has 0 radical (unpaired) electrons. The van der Waals surface area contributed by atoms with Gasteiger partial charge in [-0.25, -0.2) is 4.39 Å². The molecule has 142 valence electrons. The molecule has 2 aliphatic rings. The predicted octanol–water partition coefficient (Wildman–Crippen LogP) is 2.48. The zero-order chi connectivity index (χ0) is 18.8. The number of halogens is 1. The van der Waals surface area contributed by atoms with E-state index in [0.29, 0.717) is 18.8 Å². The maximum atomic E-state index is 14.1. The van der Waals surface area contributed by atoms with Gasteiger partial charge in [-0.05, 0) is 31.6 Å². The third-order valence-corrected chi connectivity index (χ3v) is 4.98. The zero-order valence-corrected chi connectivity index (χ0v) is 14.5. The highest BCUT2D eigenvalue weighted by molar-refractivity contribution is 5.69. The van der Waals surface area contributed by atoms with Gasteiger partial charge in [0.2, 0.25) is 0 Å². The van der Waals surface area contributed by atoms with E-state index in [1.54, 1.807) is 0 Å². The molecule has 2 saturated carbocycles. The Kier molecular flexibility index (Phi) is 5.26. The van der Waals surface area contributed by atoms with E-state index in [2.05, 4.69) is 5.32 Å². The molecule has 3 rings (SSSR count). The largest absolute Gasteiger partial charge is 0.490 e.